The van der Waals surface area contributed by atoms with E-state index in [9.17, 15) is 13.6 Å². The predicted octanol–water partition coefficient (Wildman–Crippen LogP) is 2.72. The summed E-state index contributed by atoms with van der Waals surface area (Å²) in [7, 11) is 0. The van der Waals surface area contributed by atoms with Crippen LogP contribution in [0.1, 0.15) is 6.42 Å². The van der Waals surface area contributed by atoms with Crippen molar-refractivity contribution in [1.82, 2.24) is 15.2 Å². The van der Waals surface area contributed by atoms with Crippen molar-refractivity contribution in [3.63, 3.8) is 0 Å². The van der Waals surface area contributed by atoms with Crippen molar-refractivity contribution < 1.29 is 13.6 Å². The van der Waals surface area contributed by atoms with Crippen LogP contribution < -0.4 is 15.1 Å². The van der Waals surface area contributed by atoms with Crippen LogP contribution in [-0.4, -0.2) is 61.7 Å². The molecular weight excluding hydrogens is 376 g/mol. The Labute approximate surface area is 169 Å². The van der Waals surface area contributed by atoms with Crippen LogP contribution in [0.2, 0.25) is 0 Å². The maximum atomic E-state index is 13.5. The zero-order valence-corrected chi connectivity index (χ0v) is 16.2. The highest BCUT2D eigenvalue weighted by molar-refractivity contribution is 5.74. The monoisotopic (exact) mass is 401 g/mol. The molecule has 0 saturated carbocycles. The molecule has 2 aromatic rings. The third-order valence-electron chi connectivity index (χ3n) is 5.69. The number of urea groups is 1. The van der Waals surface area contributed by atoms with Crippen molar-refractivity contribution in [2.45, 2.75) is 6.42 Å². The third kappa shape index (κ3) is 4.58. The highest BCUT2D eigenvalue weighted by Crippen LogP contribution is 2.25. The van der Waals surface area contributed by atoms with Gasteiger partial charge in [-0.1, -0.05) is 0 Å². The SMILES string of the molecule is O=C(NCC1CCN(c2ccc(F)c(F)c2)C1)N1CCN(c2ccncc2)CC1. The summed E-state index contributed by atoms with van der Waals surface area (Å²) >= 11 is 0. The molecule has 2 fully saturated rings. The number of hydrogen-bond acceptors (Lipinski definition) is 4. The Morgan fingerprint density at radius 2 is 1.72 bits per heavy atom. The normalized spacial score (nSPS) is 19.5. The average molecular weight is 401 g/mol. The number of carbonyl (C=O) groups excluding carboxylic acids is 1. The molecule has 1 aromatic carbocycles. The van der Waals surface area contributed by atoms with Crippen molar-refractivity contribution >= 4 is 17.4 Å². The van der Waals surface area contributed by atoms with Gasteiger partial charge in [-0.15, -0.1) is 0 Å². The van der Waals surface area contributed by atoms with Crippen LogP contribution in [0.3, 0.4) is 0 Å². The van der Waals surface area contributed by atoms with Crippen molar-refractivity contribution in [2.75, 3.05) is 55.6 Å². The highest BCUT2D eigenvalue weighted by Gasteiger charge is 2.26. The third-order valence-corrected chi connectivity index (χ3v) is 5.69. The number of rotatable bonds is 4. The summed E-state index contributed by atoms with van der Waals surface area (Å²) in [6.07, 6.45) is 4.47. The number of carbonyl (C=O) groups is 1. The number of benzene rings is 1. The maximum absolute atomic E-state index is 13.5. The van der Waals surface area contributed by atoms with Gasteiger partial charge < -0.3 is 20.0 Å². The summed E-state index contributed by atoms with van der Waals surface area (Å²) in [5.74, 6) is -1.36. The fraction of sp³-hybridized carbons (Fsp3) is 0.429. The topological polar surface area (TPSA) is 51.7 Å². The minimum Gasteiger partial charge on any atom is -0.371 e. The average Bonchev–Trinajstić information content (AvgIpc) is 3.24. The Bertz CT molecular complexity index is 842. The van der Waals surface area contributed by atoms with Crippen molar-refractivity contribution in [3.05, 3.63) is 54.4 Å². The fourth-order valence-electron chi connectivity index (χ4n) is 3.98. The van der Waals surface area contributed by atoms with E-state index in [0.29, 0.717) is 31.2 Å². The second-order valence-corrected chi connectivity index (χ2v) is 7.56. The van der Waals surface area contributed by atoms with Gasteiger partial charge in [0.2, 0.25) is 0 Å². The number of nitrogens with one attached hydrogen (secondary N) is 1. The van der Waals surface area contributed by atoms with Gasteiger partial charge in [0.15, 0.2) is 11.6 Å². The lowest BCUT2D eigenvalue weighted by Crippen LogP contribution is -2.52. The number of nitrogens with zero attached hydrogens (tertiary/aromatic N) is 4. The summed E-state index contributed by atoms with van der Waals surface area (Å²) in [5, 5.41) is 3.04. The second-order valence-electron chi connectivity index (χ2n) is 7.56. The Morgan fingerprint density at radius 1 is 0.966 bits per heavy atom. The van der Waals surface area contributed by atoms with Crippen LogP contribution in [0.5, 0.6) is 0 Å². The fourth-order valence-corrected chi connectivity index (χ4v) is 3.98. The van der Waals surface area contributed by atoms with Crippen LogP contribution in [0.15, 0.2) is 42.7 Å². The first-order chi connectivity index (χ1) is 14.1. The zero-order valence-electron chi connectivity index (χ0n) is 16.2. The molecule has 8 heteroatoms. The van der Waals surface area contributed by atoms with Crippen LogP contribution in [-0.2, 0) is 0 Å². The molecule has 0 radical (unpaired) electrons. The molecule has 4 rings (SSSR count). The Morgan fingerprint density at radius 3 is 2.45 bits per heavy atom. The molecule has 0 bridgehead atoms. The van der Waals surface area contributed by atoms with E-state index in [1.807, 2.05) is 21.9 Å². The molecular formula is C21H25F2N5O. The van der Waals surface area contributed by atoms with E-state index < -0.39 is 11.6 Å². The summed E-state index contributed by atoms with van der Waals surface area (Å²) in [5.41, 5.74) is 1.81. The van der Waals surface area contributed by atoms with Gasteiger partial charge in [-0.25, -0.2) is 13.6 Å². The first kappa shape index (κ1) is 19.4. The van der Waals surface area contributed by atoms with E-state index in [0.717, 1.165) is 44.4 Å². The Hall–Kier alpha value is -2.90. The Balaban J connectivity index is 1.22. The molecule has 154 valence electrons. The first-order valence-corrected chi connectivity index (χ1v) is 9.98. The molecule has 6 nitrogen and oxygen atoms in total. The summed E-state index contributed by atoms with van der Waals surface area (Å²) < 4.78 is 26.6. The van der Waals surface area contributed by atoms with Gasteiger partial charge in [0, 0.05) is 75.6 Å². The van der Waals surface area contributed by atoms with Gasteiger partial charge in [0.05, 0.1) is 0 Å². The lowest BCUT2D eigenvalue weighted by Gasteiger charge is -2.36. The van der Waals surface area contributed by atoms with E-state index in [1.165, 1.54) is 6.07 Å². The smallest absolute Gasteiger partial charge is 0.317 e. The minimum atomic E-state index is -0.833. The highest BCUT2D eigenvalue weighted by atomic mass is 19.2. The molecule has 29 heavy (non-hydrogen) atoms. The summed E-state index contributed by atoms with van der Waals surface area (Å²) in [6.45, 7) is 5.04. The molecule has 1 unspecified atom stereocenters. The van der Waals surface area contributed by atoms with E-state index in [2.05, 4.69) is 15.2 Å². The van der Waals surface area contributed by atoms with Crippen LogP contribution in [0.25, 0.3) is 0 Å². The van der Waals surface area contributed by atoms with Gasteiger partial charge in [0.1, 0.15) is 0 Å². The largest absolute Gasteiger partial charge is 0.371 e. The lowest BCUT2D eigenvalue weighted by atomic mass is 10.1. The summed E-state index contributed by atoms with van der Waals surface area (Å²) in [4.78, 5) is 22.7. The Kier molecular flexibility index (Phi) is 5.78. The molecule has 0 aliphatic carbocycles. The van der Waals surface area contributed by atoms with Crippen molar-refractivity contribution in [1.29, 1.82) is 0 Å². The van der Waals surface area contributed by atoms with Crippen LogP contribution in [0, 0.1) is 17.6 Å². The van der Waals surface area contributed by atoms with Gasteiger partial charge in [-0.05, 0) is 36.6 Å². The van der Waals surface area contributed by atoms with Crippen LogP contribution >= 0.6 is 0 Å². The van der Waals surface area contributed by atoms with E-state index >= 15 is 0 Å². The van der Waals surface area contributed by atoms with Crippen molar-refractivity contribution in [3.8, 4) is 0 Å². The number of hydrogen-bond donors (Lipinski definition) is 1. The van der Waals surface area contributed by atoms with Crippen molar-refractivity contribution in [2.24, 2.45) is 5.92 Å². The number of anilines is 2. The van der Waals surface area contributed by atoms with Gasteiger partial charge in [0.25, 0.3) is 0 Å². The molecule has 1 aromatic heterocycles. The molecule has 3 heterocycles. The second kappa shape index (κ2) is 8.63. The molecule has 0 spiro atoms. The molecule has 2 saturated heterocycles. The van der Waals surface area contributed by atoms with E-state index in [-0.39, 0.29) is 6.03 Å². The van der Waals surface area contributed by atoms with Gasteiger partial charge in [-0.3, -0.25) is 4.98 Å². The number of pyridine rings is 1. The number of amides is 2. The van der Waals surface area contributed by atoms with Crippen LogP contribution in [0.4, 0.5) is 25.0 Å². The maximum Gasteiger partial charge on any atom is 0.317 e. The summed E-state index contributed by atoms with van der Waals surface area (Å²) in [6, 6.07) is 7.92. The lowest BCUT2D eigenvalue weighted by molar-refractivity contribution is 0.193. The predicted molar refractivity (Wildman–Crippen MR) is 108 cm³/mol. The molecule has 1 atom stereocenters. The standard InChI is InChI=1S/C21H25F2N5O/c22-19-2-1-18(13-20(19)23)28-8-5-16(15-28)14-25-21(29)27-11-9-26(10-12-27)17-3-6-24-7-4-17/h1-4,6-7,13,16H,5,8-12,14-15H2,(H,25,29). The quantitative estimate of drug-likeness (QED) is 0.856. The molecule has 2 aliphatic rings. The van der Waals surface area contributed by atoms with E-state index in [1.54, 1.807) is 18.5 Å². The first-order valence-electron chi connectivity index (χ1n) is 9.98. The zero-order chi connectivity index (χ0) is 20.2. The number of piperazine rings is 1. The van der Waals surface area contributed by atoms with Gasteiger partial charge in [-0.2, -0.15) is 0 Å². The van der Waals surface area contributed by atoms with Gasteiger partial charge >= 0.3 is 6.03 Å². The minimum absolute atomic E-state index is 0.0364. The molecule has 1 N–H and O–H groups in total. The molecule has 2 amide bonds. The van der Waals surface area contributed by atoms with E-state index in [4.69, 9.17) is 0 Å². The number of aromatic nitrogens is 1. The molecule has 2 aliphatic heterocycles. The number of halogens is 2.